The predicted octanol–water partition coefficient (Wildman–Crippen LogP) is 1.70. The van der Waals surface area contributed by atoms with Crippen LogP contribution in [-0.2, 0) is 4.74 Å². The Labute approximate surface area is 155 Å². The summed E-state index contributed by atoms with van der Waals surface area (Å²) in [7, 11) is 1.17. The van der Waals surface area contributed by atoms with Gasteiger partial charge >= 0.3 is 0 Å². The minimum atomic E-state index is -2.05. The van der Waals surface area contributed by atoms with E-state index in [0.29, 0.717) is 11.1 Å². The quantitative estimate of drug-likeness (QED) is 0.772. The summed E-state index contributed by atoms with van der Waals surface area (Å²) in [6, 6.07) is 0. The van der Waals surface area contributed by atoms with Crippen molar-refractivity contribution in [1.29, 1.82) is 0 Å². The Morgan fingerprint density at radius 2 is 1.85 bits per heavy atom. The van der Waals surface area contributed by atoms with E-state index < -0.39 is 45.9 Å². The second-order valence-corrected chi connectivity index (χ2v) is 7.75. The number of ether oxygens (including phenoxy) is 2. The summed E-state index contributed by atoms with van der Waals surface area (Å²) in [4.78, 5) is 26.0. The van der Waals surface area contributed by atoms with Crippen LogP contribution in [0.1, 0.15) is 54.0 Å². The number of phenols is 1. The number of aromatic hydroxyl groups is 1. The summed E-state index contributed by atoms with van der Waals surface area (Å²) < 4.78 is 10.9. The fourth-order valence-electron chi connectivity index (χ4n) is 4.23. The van der Waals surface area contributed by atoms with Crippen LogP contribution >= 0.6 is 0 Å². The summed E-state index contributed by atoms with van der Waals surface area (Å²) in [5.74, 6) is -3.35. The number of allylic oxidation sites excluding steroid dienone is 3. The Morgan fingerprint density at radius 3 is 2.44 bits per heavy atom. The zero-order valence-electron chi connectivity index (χ0n) is 15.6. The lowest BCUT2D eigenvalue weighted by molar-refractivity contribution is -0.270. The van der Waals surface area contributed by atoms with Crippen molar-refractivity contribution in [1.82, 2.24) is 0 Å². The number of carbonyl (C=O) groups excluding carboxylic acids is 2. The maximum Gasteiger partial charge on any atom is 0.207 e. The van der Waals surface area contributed by atoms with Crippen molar-refractivity contribution < 1.29 is 34.4 Å². The molecule has 1 fully saturated rings. The van der Waals surface area contributed by atoms with Crippen LogP contribution in [0.3, 0.4) is 0 Å². The SMILES string of the molecule is COc1c([O-])c2c3c(c1O)C(=O)[C@@]1(O)C(=C3C(C)=CC2=O)O[C@H](C)C1(C)C. The first kappa shape index (κ1) is 17.6. The minimum absolute atomic E-state index is 0.0119. The van der Waals surface area contributed by atoms with Crippen LogP contribution in [0.25, 0.3) is 5.57 Å². The summed E-state index contributed by atoms with van der Waals surface area (Å²) in [6.45, 7) is 6.75. The smallest absolute Gasteiger partial charge is 0.207 e. The van der Waals surface area contributed by atoms with E-state index in [1.165, 1.54) is 13.2 Å². The molecule has 0 radical (unpaired) electrons. The topological polar surface area (TPSA) is 116 Å². The molecule has 0 saturated carbocycles. The normalized spacial score (nSPS) is 27.8. The lowest BCUT2D eigenvalue weighted by Gasteiger charge is -2.40. The van der Waals surface area contributed by atoms with Gasteiger partial charge in [0.1, 0.15) is 11.9 Å². The molecule has 1 aromatic carbocycles. The highest BCUT2D eigenvalue weighted by atomic mass is 16.5. The first-order valence-electron chi connectivity index (χ1n) is 8.56. The lowest BCUT2D eigenvalue weighted by atomic mass is 9.63. The van der Waals surface area contributed by atoms with Crippen LogP contribution in [0.15, 0.2) is 17.4 Å². The van der Waals surface area contributed by atoms with Gasteiger partial charge in [0.15, 0.2) is 22.9 Å². The van der Waals surface area contributed by atoms with E-state index in [1.54, 1.807) is 27.7 Å². The molecular formula is C20H19O7-. The van der Waals surface area contributed by atoms with Crippen molar-refractivity contribution in [3.05, 3.63) is 34.1 Å². The van der Waals surface area contributed by atoms with E-state index in [-0.39, 0.29) is 22.4 Å². The third-order valence-electron chi connectivity index (χ3n) is 6.18. The standard InChI is InChI=1S/C20H20O7/c1-7-6-9(21)11-12-10(7)18-20(25,19(3,4)8(2)27-18)17(24)13(12)15(23)16(26-5)14(11)22/h6,8,22-23,25H,1-5H3/p-1/t8-,20-/m1/s1. The number of benzene rings is 1. The van der Waals surface area contributed by atoms with E-state index in [0.717, 1.165) is 0 Å². The molecule has 1 heterocycles. The largest absolute Gasteiger partial charge is 0.869 e. The second kappa shape index (κ2) is 4.92. The molecule has 2 aliphatic carbocycles. The molecule has 27 heavy (non-hydrogen) atoms. The third-order valence-corrected chi connectivity index (χ3v) is 6.18. The number of phenolic OH excluding ortho intramolecular Hbond substituents is 1. The van der Waals surface area contributed by atoms with E-state index in [1.807, 2.05) is 0 Å². The third kappa shape index (κ3) is 1.71. The van der Waals surface area contributed by atoms with Crippen molar-refractivity contribution in [3.8, 4) is 17.2 Å². The number of Topliss-reactive ketones (excluding diaryl/α,β-unsaturated/α-hetero) is 1. The Kier molecular flexibility index (Phi) is 3.21. The molecule has 2 N–H and O–H groups in total. The van der Waals surface area contributed by atoms with Crippen LogP contribution in [0.5, 0.6) is 17.2 Å². The highest BCUT2D eigenvalue weighted by molar-refractivity contribution is 6.24. The van der Waals surface area contributed by atoms with Gasteiger partial charge in [-0.15, -0.1) is 0 Å². The van der Waals surface area contributed by atoms with E-state index in [4.69, 9.17) is 9.47 Å². The van der Waals surface area contributed by atoms with Gasteiger partial charge in [0.05, 0.1) is 12.7 Å². The molecule has 3 aliphatic rings. The first-order valence-corrected chi connectivity index (χ1v) is 8.56. The van der Waals surface area contributed by atoms with Crippen LogP contribution in [0, 0.1) is 5.41 Å². The second-order valence-electron chi connectivity index (χ2n) is 7.75. The number of ketones is 2. The number of hydrogen-bond acceptors (Lipinski definition) is 7. The first-order chi connectivity index (χ1) is 12.5. The fourth-order valence-corrected chi connectivity index (χ4v) is 4.23. The van der Waals surface area contributed by atoms with Gasteiger partial charge in [0, 0.05) is 22.1 Å². The molecule has 1 saturated heterocycles. The minimum Gasteiger partial charge on any atom is -0.869 e. The van der Waals surface area contributed by atoms with Crippen LogP contribution in [-0.4, -0.2) is 40.6 Å². The molecule has 0 bridgehead atoms. The van der Waals surface area contributed by atoms with Gasteiger partial charge in [-0.2, -0.15) is 0 Å². The summed E-state index contributed by atoms with van der Waals surface area (Å²) in [6.07, 6.45) is 0.745. The molecule has 7 nitrogen and oxygen atoms in total. The summed E-state index contributed by atoms with van der Waals surface area (Å²) >= 11 is 0. The maximum absolute atomic E-state index is 13.4. The predicted molar refractivity (Wildman–Crippen MR) is 92.7 cm³/mol. The number of rotatable bonds is 1. The average molecular weight is 371 g/mol. The van der Waals surface area contributed by atoms with Gasteiger partial charge in [-0.05, 0) is 31.2 Å². The molecule has 4 rings (SSSR count). The number of carbonyl (C=O) groups is 2. The number of methoxy groups -OCH3 is 1. The van der Waals surface area contributed by atoms with Gasteiger partial charge in [-0.25, -0.2) is 0 Å². The van der Waals surface area contributed by atoms with Gasteiger partial charge in [-0.1, -0.05) is 13.8 Å². The number of fused-ring (bicyclic) bond motifs is 1. The van der Waals surface area contributed by atoms with E-state index in [9.17, 15) is 24.9 Å². The Hall–Kier alpha value is -2.80. The average Bonchev–Trinajstić information content (AvgIpc) is 2.75. The lowest BCUT2D eigenvalue weighted by Crippen LogP contribution is -2.53. The Morgan fingerprint density at radius 1 is 1.22 bits per heavy atom. The molecule has 0 spiro atoms. The van der Waals surface area contributed by atoms with Crippen molar-refractivity contribution in [2.75, 3.05) is 7.11 Å². The Balaban J connectivity index is 2.25. The molecule has 2 atom stereocenters. The van der Waals surface area contributed by atoms with Gasteiger partial charge in [-0.3, -0.25) is 9.59 Å². The summed E-state index contributed by atoms with van der Waals surface area (Å²) in [5, 5.41) is 34.9. The highest BCUT2D eigenvalue weighted by Crippen LogP contribution is 2.60. The molecule has 1 aliphatic heterocycles. The van der Waals surface area contributed by atoms with E-state index in [2.05, 4.69) is 0 Å². The van der Waals surface area contributed by atoms with Crippen molar-refractivity contribution in [2.24, 2.45) is 5.41 Å². The van der Waals surface area contributed by atoms with Gasteiger partial charge < -0.3 is 24.8 Å². The van der Waals surface area contributed by atoms with E-state index >= 15 is 0 Å². The van der Waals surface area contributed by atoms with Crippen molar-refractivity contribution in [3.63, 3.8) is 0 Å². The van der Waals surface area contributed by atoms with Crippen LogP contribution in [0.2, 0.25) is 0 Å². The molecule has 7 heteroatoms. The zero-order chi connectivity index (χ0) is 20.0. The van der Waals surface area contributed by atoms with Gasteiger partial charge in [0.2, 0.25) is 5.78 Å². The van der Waals surface area contributed by atoms with Crippen molar-refractivity contribution >= 4 is 17.1 Å². The molecule has 142 valence electrons. The monoisotopic (exact) mass is 371 g/mol. The van der Waals surface area contributed by atoms with Crippen molar-refractivity contribution in [2.45, 2.75) is 39.4 Å². The highest BCUT2D eigenvalue weighted by Gasteiger charge is 2.66. The molecule has 0 amide bonds. The molecular weight excluding hydrogens is 352 g/mol. The fraction of sp³-hybridized carbons (Fsp3) is 0.400. The van der Waals surface area contributed by atoms with Gasteiger partial charge in [0.25, 0.3) is 0 Å². The number of aliphatic hydroxyl groups is 1. The van der Waals surface area contributed by atoms with Crippen LogP contribution in [0.4, 0.5) is 0 Å². The molecule has 1 aromatic rings. The summed E-state index contributed by atoms with van der Waals surface area (Å²) in [5.41, 5.74) is -2.84. The zero-order valence-corrected chi connectivity index (χ0v) is 15.6. The van der Waals surface area contributed by atoms with Crippen LogP contribution < -0.4 is 9.84 Å². The molecule has 0 unspecified atom stereocenters. The Bertz CT molecular complexity index is 1010. The maximum atomic E-state index is 13.4. The number of hydrogen-bond donors (Lipinski definition) is 2. The molecule has 0 aromatic heterocycles.